The van der Waals surface area contributed by atoms with Crippen LogP contribution in [0.2, 0.25) is 0 Å². The summed E-state index contributed by atoms with van der Waals surface area (Å²) in [6.45, 7) is 5.97. The highest BCUT2D eigenvalue weighted by atomic mass is 127. The van der Waals surface area contributed by atoms with Crippen LogP contribution in [0.3, 0.4) is 0 Å². The third-order valence-electron chi connectivity index (χ3n) is 5.14. The fraction of sp³-hybridized carbons (Fsp3) is 0.611. The molecule has 2 aromatic heterocycles. The molecule has 1 saturated heterocycles. The molecule has 154 valence electrons. The second-order valence-corrected chi connectivity index (χ2v) is 7.75. The average molecular weight is 517 g/mol. The van der Waals surface area contributed by atoms with Crippen molar-refractivity contribution in [1.29, 1.82) is 0 Å². The summed E-state index contributed by atoms with van der Waals surface area (Å²) in [4.78, 5) is 8.23. The molecule has 8 nitrogen and oxygen atoms in total. The number of guanidine groups is 1. The molecular formula is C18H28IN7OS. The molecule has 0 amide bonds. The molecule has 4 rings (SSSR count). The fourth-order valence-corrected chi connectivity index (χ4v) is 4.56. The number of morpholine rings is 1. The molecule has 0 spiro atoms. The summed E-state index contributed by atoms with van der Waals surface area (Å²) in [6, 6.07) is 4.65. The highest BCUT2D eigenvalue weighted by Crippen LogP contribution is 2.25. The van der Waals surface area contributed by atoms with E-state index < -0.39 is 0 Å². The van der Waals surface area contributed by atoms with E-state index in [1.165, 1.54) is 4.88 Å². The third kappa shape index (κ3) is 5.02. The Bertz CT molecular complexity index is 758. The molecule has 1 atom stereocenters. The lowest BCUT2D eigenvalue weighted by atomic mass is 10.2. The predicted octanol–water partition coefficient (Wildman–Crippen LogP) is 1.64. The van der Waals surface area contributed by atoms with E-state index in [9.17, 15) is 0 Å². The molecule has 0 aromatic carbocycles. The second kappa shape index (κ2) is 10.5. The van der Waals surface area contributed by atoms with Crippen molar-refractivity contribution in [1.82, 2.24) is 30.3 Å². The summed E-state index contributed by atoms with van der Waals surface area (Å²) < 4.78 is 7.73. The van der Waals surface area contributed by atoms with Crippen molar-refractivity contribution < 1.29 is 4.74 Å². The van der Waals surface area contributed by atoms with E-state index in [1.54, 1.807) is 18.4 Å². The Morgan fingerprint density at radius 3 is 2.89 bits per heavy atom. The molecule has 0 aliphatic carbocycles. The van der Waals surface area contributed by atoms with Gasteiger partial charge in [0, 0.05) is 44.5 Å². The molecule has 4 heterocycles. The number of ether oxygens (including phenoxy) is 1. The van der Waals surface area contributed by atoms with Gasteiger partial charge in [0.05, 0.1) is 25.8 Å². The molecule has 2 aliphatic heterocycles. The van der Waals surface area contributed by atoms with Crippen molar-refractivity contribution >= 4 is 41.3 Å². The summed E-state index contributed by atoms with van der Waals surface area (Å²) in [6.07, 6.45) is 2.19. The lowest BCUT2D eigenvalue weighted by Gasteiger charge is -2.34. The average Bonchev–Trinajstić information content (AvgIpc) is 3.44. The van der Waals surface area contributed by atoms with Gasteiger partial charge in [-0.1, -0.05) is 6.07 Å². The predicted molar refractivity (Wildman–Crippen MR) is 121 cm³/mol. The number of aliphatic imine (C=N–C) groups is 1. The van der Waals surface area contributed by atoms with Crippen LogP contribution < -0.4 is 10.6 Å². The van der Waals surface area contributed by atoms with Crippen molar-refractivity contribution in [2.24, 2.45) is 4.99 Å². The van der Waals surface area contributed by atoms with Gasteiger partial charge >= 0.3 is 0 Å². The standard InChI is InChI=1S/C18H27N7OS.HI/c1-19-18(21-13-17-23-22-16-5-2-6-25(16)17)20-12-14(15-4-3-11-27-15)24-7-9-26-10-8-24;/h3-4,11,14H,2,5-10,12-13H2,1H3,(H2,19,20,21);1H. The van der Waals surface area contributed by atoms with Gasteiger partial charge in [-0.05, 0) is 17.9 Å². The summed E-state index contributed by atoms with van der Waals surface area (Å²) in [5.74, 6) is 2.87. The Kier molecular flexibility index (Phi) is 8.06. The van der Waals surface area contributed by atoms with Gasteiger partial charge in [0.2, 0.25) is 0 Å². The summed E-state index contributed by atoms with van der Waals surface area (Å²) in [7, 11) is 1.80. The number of rotatable bonds is 6. The smallest absolute Gasteiger partial charge is 0.191 e. The van der Waals surface area contributed by atoms with Crippen molar-refractivity contribution in [3.8, 4) is 0 Å². The summed E-state index contributed by atoms with van der Waals surface area (Å²) in [5.41, 5.74) is 0. The maximum Gasteiger partial charge on any atom is 0.191 e. The highest BCUT2D eigenvalue weighted by Gasteiger charge is 2.24. The zero-order chi connectivity index (χ0) is 18.5. The highest BCUT2D eigenvalue weighted by molar-refractivity contribution is 14.0. The SMILES string of the molecule is CN=C(NCc1nnc2n1CCC2)NCC(c1cccs1)N1CCOCC1.I. The molecule has 0 bridgehead atoms. The number of halogens is 1. The molecule has 0 radical (unpaired) electrons. The third-order valence-corrected chi connectivity index (χ3v) is 6.12. The van der Waals surface area contributed by atoms with Crippen LogP contribution in [0.1, 0.15) is 29.0 Å². The Labute approximate surface area is 186 Å². The van der Waals surface area contributed by atoms with Crippen LogP contribution >= 0.6 is 35.3 Å². The number of nitrogens with zero attached hydrogens (tertiary/aromatic N) is 5. The van der Waals surface area contributed by atoms with Gasteiger partial charge < -0.3 is 19.9 Å². The van der Waals surface area contributed by atoms with Gasteiger partial charge in [0.1, 0.15) is 5.82 Å². The van der Waals surface area contributed by atoms with Gasteiger partial charge in [-0.25, -0.2) is 0 Å². The lowest BCUT2D eigenvalue weighted by molar-refractivity contribution is 0.0177. The van der Waals surface area contributed by atoms with E-state index in [0.29, 0.717) is 12.6 Å². The number of hydrogen-bond acceptors (Lipinski definition) is 6. The van der Waals surface area contributed by atoms with Gasteiger partial charge in [-0.2, -0.15) is 0 Å². The first-order valence-electron chi connectivity index (χ1n) is 9.56. The largest absolute Gasteiger partial charge is 0.379 e. The number of thiophene rings is 1. The minimum Gasteiger partial charge on any atom is -0.379 e. The van der Waals surface area contributed by atoms with E-state index in [0.717, 1.165) is 69.8 Å². The zero-order valence-electron chi connectivity index (χ0n) is 16.1. The monoisotopic (exact) mass is 517 g/mol. The first-order valence-corrected chi connectivity index (χ1v) is 10.4. The van der Waals surface area contributed by atoms with Gasteiger partial charge in [-0.3, -0.25) is 9.89 Å². The van der Waals surface area contributed by atoms with E-state index >= 15 is 0 Å². The van der Waals surface area contributed by atoms with E-state index in [4.69, 9.17) is 4.74 Å². The topological polar surface area (TPSA) is 79.6 Å². The number of aromatic nitrogens is 3. The number of aryl methyl sites for hydroxylation is 1. The van der Waals surface area contributed by atoms with Crippen molar-refractivity contribution in [3.63, 3.8) is 0 Å². The summed E-state index contributed by atoms with van der Waals surface area (Å²) >= 11 is 1.80. The van der Waals surface area contributed by atoms with Crippen LogP contribution in [0.4, 0.5) is 0 Å². The first kappa shape index (κ1) is 21.5. The van der Waals surface area contributed by atoms with Crippen molar-refractivity contribution in [3.05, 3.63) is 34.0 Å². The van der Waals surface area contributed by atoms with Gasteiger partial charge in [0.25, 0.3) is 0 Å². The quantitative estimate of drug-likeness (QED) is 0.345. The summed E-state index contributed by atoms with van der Waals surface area (Å²) in [5, 5.41) is 17.6. The van der Waals surface area contributed by atoms with Crippen LogP contribution in [0, 0.1) is 0 Å². The molecule has 2 aromatic rings. The molecule has 2 aliphatic rings. The van der Waals surface area contributed by atoms with Crippen molar-refractivity contribution in [2.75, 3.05) is 39.9 Å². The van der Waals surface area contributed by atoms with Crippen LogP contribution in [0.15, 0.2) is 22.5 Å². The van der Waals surface area contributed by atoms with Crippen molar-refractivity contribution in [2.45, 2.75) is 32.0 Å². The van der Waals surface area contributed by atoms with Crippen LogP contribution in [-0.2, 0) is 24.2 Å². The molecule has 10 heteroatoms. The van der Waals surface area contributed by atoms with Crippen LogP contribution in [0.5, 0.6) is 0 Å². The minimum atomic E-state index is 0. The van der Waals surface area contributed by atoms with Crippen LogP contribution in [0.25, 0.3) is 0 Å². The molecular weight excluding hydrogens is 489 g/mol. The Morgan fingerprint density at radius 1 is 1.29 bits per heavy atom. The second-order valence-electron chi connectivity index (χ2n) is 6.77. The van der Waals surface area contributed by atoms with Gasteiger partial charge in [0.15, 0.2) is 11.8 Å². The Hall–Kier alpha value is -1.24. The van der Waals surface area contributed by atoms with Crippen LogP contribution in [-0.4, -0.2) is 65.5 Å². The van der Waals surface area contributed by atoms with E-state index in [2.05, 4.69) is 52.8 Å². The molecule has 2 N–H and O–H groups in total. The lowest BCUT2D eigenvalue weighted by Crippen LogP contribution is -2.46. The first-order chi connectivity index (χ1) is 13.3. The normalized spacial score (nSPS) is 18.4. The maximum absolute atomic E-state index is 5.52. The molecule has 1 fully saturated rings. The molecule has 1 unspecified atom stereocenters. The minimum absolute atomic E-state index is 0. The van der Waals surface area contributed by atoms with E-state index in [1.807, 2.05) is 0 Å². The number of nitrogens with one attached hydrogen (secondary N) is 2. The fourth-order valence-electron chi connectivity index (χ4n) is 3.70. The molecule has 0 saturated carbocycles. The Balaban J connectivity index is 0.00000225. The number of fused-ring (bicyclic) bond motifs is 1. The van der Waals surface area contributed by atoms with E-state index in [-0.39, 0.29) is 24.0 Å². The van der Waals surface area contributed by atoms with Gasteiger partial charge in [-0.15, -0.1) is 45.5 Å². The zero-order valence-corrected chi connectivity index (χ0v) is 19.3. The molecule has 28 heavy (non-hydrogen) atoms. The maximum atomic E-state index is 5.52. The Morgan fingerprint density at radius 2 is 2.14 bits per heavy atom. The number of hydrogen-bond donors (Lipinski definition) is 2.